The van der Waals surface area contributed by atoms with Gasteiger partial charge >= 0.3 is 51.4 Å². The zero-order valence-electron chi connectivity index (χ0n) is 5.79. The Morgan fingerprint density at radius 3 is 1.78 bits per heavy atom. The number of rotatable bonds is 2. The quantitative estimate of drug-likeness (QED) is 0.319. The van der Waals surface area contributed by atoms with Crippen molar-refractivity contribution in [3.05, 3.63) is 0 Å². The van der Waals surface area contributed by atoms with Crippen molar-refractivity contribution in [3.8, 4) is 0 Å². The molecule has 9 heavy (non-hydrogen) atoms. The second-order valence-corrected chi connectivity index (χ2v) is 3.14. The zero-order chi connectivity index (χ0) is 6.78. The van der Waals surface area contributed by atoms with E-state index in [9.17, 15) is 13.0 Å². The third-order valence-electron chi connectivity index (χ3n) is 0.416. The minimum Gasteiger partial charge on any atom is -0.747 e. The molecule has 0 aromatic rings. The van der Waals surface area contributed by atoms with E-state index >= 15 is 0 Å². The molecule has 0 rings (SSSR count). The second kappa shape index (κ2) is 5.20. The molecule has 50 valence electrons. The van der Waals surface area contributed by atoms with E-state index in [0.29, 0.717) is 0 Å². The van der Waals surface area contributed by atoms with Gasteiger partial charge in [-0.25, -0.2) is 8.42 Å². The van der Waals surface area contributed by atoms with Crippen LogP contribution in [0.25, 0.3) is 0 Å². The summed E-state index contributed by atoms with van der Waals surface area (Å²) in [7, 11) is -1.00. The van der Waals surface area contributed by atoms with Crippen molar-refractivity contribution < 1.29 is 64.4 Å². The molecule has 0 unspecified atom stereocenters. The SMILES string of the molecule is CN(C)CS(=O)(=O)[O-].[K+]. The third-order valence-corrected chi connectivity index (χ3v) is 1.25. The number of nitrogens with zero attached hydrogens (tertiary/aromatic N) is 1. The first-order chi connectivity index (χ1) is 3.42. The minimum absolute atomic E-state index is 0. The van der Waals surface area contributed by atoms with Gasteiger partial charge in [-0.05, 0) is 14.1 Å². The van der Waals surface area contributed by atoms with Gasteiger partial charge in [-0.2, -0.15) is 0 Å². The van der Waals surface area contributed by atoms with E-state index in [1.54, 1.807) is 0 Å². The number of hydrogen-bond acceptors (Lipinski definition) is 4. The van der Waals surface area contributed by atoms with E-state index in [-0.39, 0.29) is 51.4 Å². The molecule has 0 bridgehead atoms. The van der Waals surface area contributed by atoms with Gasteiger partial charge in [0, 0.05) is 0 Å². The van der Waals surface area contributed by atoms with Crippen LogP contribution in [-0.4, -0.2) is 37.8 Å². The molecule has 0 aliphatic rings. The summed E-state index contributed by atoms with van der Waals surface area (Å²) >= 11 is 0. The molecule has 0 atom stereocenters. The van der Waals surface area contributed by atoms with Crippen molar-refractivity contribution >= 4 is 10.1 Å². The standard InChI is InChI=1S/C3H9NO3S.K/c1-4(2)3-8(5,6)7;/h3H2,1-2H3,(H,5,6,7);/q;+1/p-1. The first-order valence-electron chi connectivity index (χ1n) is 2.00. The maximum atomic E-state index is 9.84. The predicted octanol–water partition coefficient (Wildman–Crippen LogP) is -3.95. The van der Waals surface area contributed by atoms with Gasteiger partial charge in [-0.3, -0.25) is 4.90 Å². The normalized spacial score (nSPS) is 11.1. The molecule has 0 radical (unpaired) electrons. The van der Waals surface area contributed by atoms with E-state index in [1.165, 1.54) is 19.0 Å². The molecule has 0 fully saturated rings. The van der Waals surface area contributed by atoms with E-state index in [2.05, 4.69) is 0 Å². The van der Waals surface area contributed by atoms with Crippen LogP contribution in [0.5, 0.6) is 0 Å². The van der Waals surface area contributed by atoms with E-state index in [1.807, 2.05) is 0 Å². The van der Waals surface area contributed by atoms with Crippen molar-refractivity contribution in [2.24, 2.45) is 0 Å². The Bertz CT molecular complexity index is 152. The Balaban J connectivity index is 0. The van der Waals surface area contributed by atoms with Crippen molar-refractivity contribution in [1.29, 1.82) is 0 Å². The molecular formula is C3H8KNO3S. The first kappa shape index (κ1) is 13.1. The molecule has 0 aromatic heterocycles. The van der Waals surface area contributed by atoms with Crippen LogP contribution in [0.2, 0.25) is 0 Å². The van der Waals surface area contributed by atoms with Gasteiger partial charge < -0.3 is 4.55 Å². The summed E-state index contributed by atoms with van der Waals surface area (Å²) in [5, 5.41) is 0. The third kappa shape index (κ3) is 12.7. The average Bonchev–Trinajstić information content (AvgIpc) is 1.21. The van der Waals surface area contributed by atoms with Crippen LogP contribution in [0, 0.1) is 0 Å². The van der Waals surface area contributed by atoms with Crippen LogP contribution < -0.4 is 51.4 Å². The smallest absolute Gasteiger partial charge is 0.747 e. The van der Waals surface area contributed by atoms with Crippen LogP contribution in [0.1, 0.15) is 0 Å². The Hall–Kier alpha value is 1.51. The molecule has 0 spiro atoms. The Morgan fingerprint density at radius 1 is 1.44 bits per heavy atom. The Morgan fingerprint density at radius 2 is 1.78 bits per heavy atom. The Kier molecular flexibility index (Phi) is 7.57. The molecule has 0 saturated heterocycles. The Labute approximate surface area is 97.8 Å². The summed E-state index contributed by atoms with van der Waals surface area (Å²) in [6, 6.07) is 0. The molecule has 0 saturated carbocycles. The summed E-state index contributed by atoms with van der Waals surface area (Å²) in [5.74, 6) is -0.424. The van der Waals surface area contributed by atoms with Crippen LogP contribution in [-0.2, 0) is 10.1 Å². The van der Waals surface area contributed by atoms with Gasteiger partial charge in [0.2, 0.25) is 0 Å². The zero-order valence-corrected chi connectivity index (χ0v) is 9.73. The van der Waals surface area contributed by atoms with Crippen LogP contribution >= 0.6 is 0 Å². The fourth-order valence-electron chi connectivity index (χ4n) is 0.316. The molecule has 0 amide bonds. The topological polar surface area (TPSA) is 60.4 Å². The average molecular weight is 177 g/mol. The van der Waals surface area contributed by atoms with Crippen molar-refractivity contribution in [2.75, 3.05) is 20.0 Å². The van der Waals surface area contributed by atoms with Crippen molar-refractivity contribution in [3.63, 3.8) is 0 Å². The molecule has 0 N–H and O–H groups in total. The molecule has 0 aliphatic carbocycles. The largest absolute Gasteiger partial charge is 1.00 e. The van der Waals surface area contributed by atoms with Gasteiger partial charge in [0.15, 0.2) is 0 Å². The van der Waals surface area contributed by atoms with Gasteiger partial charge in [0.1, 0.15) is 10.1 Å². The molecule has 6 heteroatoms. The summed E-state index contributed by atoms with van der Waals surface area (Å²) in [4.78, 5) is 1.31. The first-order valence-corrected chi connectivity index (χ1v) is 3.58. The van der Waals surface area contributed by atoms with Crippen LogP contribution in [0.4, 0.5) is 0 Å². The predicted molar refractivity (Wildman–Crippen MR) is 28.3 cm³/mol. The summed E-state index contributed by atoms with van der Waals surface area (Å²) in [5.41, 5.74) is 0. The maximum absolute atomic E-state index is 9.84. The summed E-state index contributed by atoms with van der Waals surface area (Å²) in [6.07, 6.45) is 0. The maximum Gasteiger partial charge on any atom is 1.00 e. The van der Waals surface area contributed by atoms with E-state index < -0.39 is 16.0 Å². The minimum atomic E-state index is -4.05. The fraction of sp³-hybridized carbons (Fsp3) is 1.00. The summed E-state index contributed by atoms with van der Waals surface area (Å²) in [6.45, 7) is 0. The second-order valence-electron chi connectivity index (χ2n) is 1.77. The van der Waals surface area contributed by atoms with Crippen LogP contribution in [0.3, 0.4) is 0 Å². The molecule has 4 nitrogen and oxygen atoms in total. The number of hydrogen-bond donors (Lipinski definition) is 0. The monoisotopic (exact) mass is 177 g/mol. The van der Waals surface area contributed by atoms with E-state index in [0.717, 1.165) is 0 Å². The van der Waals surface area contributed by atoms with Crippen LogP contribution in [0.15, 0.2) is 0 Å². The van der Waals surface area contributed by atoms with Gasteiger partial charge in [0.05, 0.1) is 5.88 Å². The molecule has 0 aromatic carbocycles. The van der Waals surface area contributed by atoms with E-state index in [4.69, 9.17) is 0 Å². The fourth-order valence-corrected chi connectivity index (χ4v) is 0.949. The van der Waals surface area contributed by atoms with Gasteiger partial charge in [-0.1, -0.05) is 0 Å². The van der Waals surface area contributed by atoms with Gasteiger partial charge in [0.25, 0.3) is 0 Å². The molecule has 0 heterocycles. The van der Waals surface area contributed by atoms with Crippen molar-refractivity contribution in [1.82, 2.24) is 4.90 Å². The molecular weight excluding hydrogens is 169 g/mol. The summed E-state index contributed by atoms with van der Waals surface area (Å²) < 4.78 is 29.5. The van der Waals surface area contributed by atoms with Gasteiger partial charge in [-0.15, -0.1) is 0 Å². The molecule has 0 aliphatic heterocycles. The van der Waals surface area contributed by atoms with Crippen molar-refractivity contribution in [2.45, 2.75) is 0 Å².